The molecule has 2 aromatic heterocycles. The number of benzene rings is 1. The maximum Gasteiger partial charge on any atom is 0.130 e. The highest BCUT2D eigenvalue weighted by Gasteiger charge is 2.18. The third kappa shape index (κ3) is 3.92. The first-order valence-electron chi connectivity index (χ1n) is 8.80. The van der Waals surface area contributed by atoms with Crippen LogP contribution in [0.25, 0.3) is 0 Å². The average Bonchev–Trinajstić information content (AvgIpc) is 3.11. The Hall–Kier alpha value is -2.70. The predicted molar refractivity (Wildman–Crippen MR) is 97.3 cm³/mol. The van der Waals surface area contributed by atoms with Gasteiger partial charge in [-0.1, -0.05) is 18.2 Å². The molecule has 4 rings (SSSR count). The number of hydrogen-bond acceptors (Lipinski definition) is 5. The van der Waals surface area contributed by atoms with Crippen molar-refractivity contribution in [3.05, 3.63) is 77.4 Å². The molecule has 134 valence electrons. The van der Waals surface area contributed by atoms with E-state index < -0.39 is 0 Å². The van der Waals surface area contributed by atoms with E-state index in [-0.39, 0.29) is 6.61 Å². The molecule has 6 heteroatoms. The molecular weight excluding hydrogens is 328 g/mol. The van der Waals surface area contributed by atoms with Crippen LogP contribution in [0.1, 0.15) is 22.6 Å². The van der Waals surface area contributed by atoms with Gasteiger partial charge >= 0.3 is 0 Å². The summed E-state index contributed by atoms with van der Waals surface area (Å²) in [6.07, 6.45) is 1.77. The predicted octanol–water partition coefficient (Wildman–Crippen LogP) is 2.37. The number of hydrogen-bond donors (Lipinski definition) is 1. The normalized spacial score (nSPS) is 14.2. The smallest absolute Gasteiger partial charge is 0.130 e. The lowest BCUT2D eigenvalue weighted by Gasteiger charge is -2.27. The van der Waals surface area contributed by atoms with Crippen LogP contribution in [0.4, 0.5) is 0 Å². The van der Waals surface area contributed by atoms with Crippen LogP contribution >= 0.6 is 0 Å². The van der Waals surface area contributed by atoms with Gasteiger partial charge < -0.3 is 9.84 Å². The molecule has 6 nitrogen and oxygen atoms in total. The van der Waals surface area contributed by atoms with Gasteiger partial charge in [0.1, 0.15) is 12.4 Å². The maximum absolute atomic E-state index is 9.23. The Morgan fingerprint density at radius 2 is 1.92 bits per heavy atom. The molecule has 0 fully saturated rings. The van der Waals surface area contributed by atoms with Gasteiger partial charge in [0.15, 0.2) is 0 Å². The molecule has 0 saturated heterocycles. The minimum absolute atomic E-state index is 0.0000362. The second-order valence-electron chi connectivity index (χ2n) is 6.47. The first-order valence-corrected chi connectivity index (χ1v) is 8.80. The highest BCUT2D eigenvalue weighted by molar-refractivity contribution is 5.27. The second-order valence-corrected chi connectivity index (χ2v) is 6.47. The molecule has 0 atom stereocenters. The highest BCUT2D eigenvalue weighted by atomic mass is 16.5. The molecule has 3 aromatic rings. The Bertz CT molecular complexity index is 846. The number of aliphatic hydroxyl groups is 1. The summed E-state index contributed by atoms with van der Waals surface area (Å²) >= 11 is 0. The van der Waals surface area contributed by atoms with E-state index in [0.29, 0.717) is 6.61 Å². The van der Waals surface area contributed by atoms with Crippen molar-refractivity contribution >= 4 is 0 Å². The van der Waals surface area contributed by atoms with Crippen LogP contribution in [0.2, 0.25) is 0 Å². The molecule has 0 amide bonds. The van der Waals surface area contributed by atoms with Crippen LogP contribution in [0.15, 0.2) is 54.7 Å². The fraction of sp³-hybridized carbons (Fsp3) is 0.300. The SMILES string of the molecule is OCc1cc2n(n1)CCN(Cc1ccc(OCc3ccccn3)cc1)C2. The van der Waals surface area contributed by atoms with Crippen molar-refractivity contribution in [3.8, 4) is 5.75 Å². The zero-order valence-electron chi connectivity index (χ0n) is 14.6. The van der Waals surface area contributed by atoms with E-state index in [4.69, 9.17) is 4.74 Å². The Morgan fingerprint density at radius 3 is 2.69 bits per heavy atom. The van der Waals surface area contributed by atoms with Crippen LogP contribution in [-0.4, -0.2) is 31.3 Å². The summed E-state index contributed by atoms with van der Waals surface area (Å²) in [5.74, 6) is 0.851. The van der Waals surface area contributed by atoms with Crippen molar-refractivity contribution < 1.29 is 9.84 Å². The standard InChI is InChI=1S/C20H22N4O2/c25-14-18-11-19-13-23(9-10-24(19)22-18)12-16-4-6-20(7-5-16)26-15-17-3-1-2-8-21-17/h1-8,11,25H,9-10,12-15H2. The Labute approximate surface area is 152 Å². The maximum atomic E-state index is 9.23. The Kier molecular flexibility index (Phi) is 4.95. The molecule has 0 saturated carbocycles. The molecular formula is C20H22N4O2. The van der Waals surface area contributed by atoms with Crippen molar-refractivity contribution in [2.75, 3.05) is 6.54 Å². The van der Waals surface area contributed by atoms with Gasteiger partial charge in [0.05, 0.1) is 30.2 Å². The molecule has 1 N–H and O–H groups in total. The van der Waals surface area contributed by atoms with Gasteiger partial charge in [0.2, 0.25) is 0 Å². The van der Waals surface area contributed by atoms with Crippen molar-refractivity contribution in [3.63, 3.8) is 0 Å². The van der Waals surface area contributed by atoms with E-state index in [1.165, 1.54) is 5.56 Å². The van der Waals surface area contributed by atoms with Gasteiger partial charge in [-0.2, -0.15) is 5.10 Å². The van der Waals surface area contributed by atoms with E-state index in [0.717, 1.165) is 49.0 Å². The summed E-state index contributed by atoms with van der Waals surface area (Å²) in [4.78, 5) is 6.65. The van der Waals surface area contributed by atoms with E-state index >= 15 is 0 Å². The van der Waals surface area contributed by atoms with E-state index in [9.17, 15) is 5.11 Å². The summed E-state index contributed by atoms with van der Waals surface area (Å²) in [7, 11) is 0. The van der Waals surface area contributed by atoms with Gasteiger partial charge in [-0.25, -0.2) is 0 Å². The number of nitrogens with zero attached hydrogens (tertiary/aromatic N) is 4. The van der Waals surface area contributed by atoms with Crippen molar-refractivity contribution in [2.24, 2.45) is 0 Å². The zero-order valence-corrected chi connectivity index (χ0v) is 14.6. The Morgan fingerprint density at radius 1 is 1.04 bits per heavy atom. The molecule has 0 unspecified atom stereocenters. The van der Waals surface area contributed by atoms with Gasteiger partial charge in [0.25, 0.3) is 0 Å². The number of aromatic nitrogens is 3. The van der Waals surface area contributed by atoms with Crippen molar-refractivity contribution in [1.29, 1.82) is 0 Å². The lowest BCUT2D eigenvalue weighted by Crippen LogP contribution is -2.33. The third-order valence-electron chi connectivity index (χ3n) is 4.53. The first kappa shape index (κ1) is 16.8. The minimum Gasteiger partial charge on any atom is -0.487 e. The quantitative estimate of drug-likeness (QED) is 0.739. The molecule has 0 aliphatic carbocycles. The number of ether oxygens (including phenoxy) is 1. The molecule has 0 bridgehead atoms. The number of fused-ring (bicyclic) bond motifs is 1. The first-order chi connectivity index (χ1) is 12.8. The van der Waals surface area contributed by atoms with Crippen LogP contribution in [0.5, 0.6) is 5.75 Å². The molecule has 26 heavy (non-hydrogen) atoms. The minimum atomic E-state index is -0.0000362. The molecule has 1 aliphatic heterocycles. The fourth-order valence-electron chi connectivity index (χ4n) is 3.18. The fourth-order valence-corrected chi connectivity index (χ4v) is 3.18. The highest BCUT2D eigenvalue weighted by Crippen LogP contribution is 2.19. The molecule has 1 aromatic carbocycles. The zero-order chi connectivity index (χ0) is 17.8. The summed E-state index contributed by atoms with van der Waals surface area (Å²) in [5, 5.41) is 13.6. The van der Waals surface area contributed by atoms with E-state index in [2.05, 4.69) is 27.1 Å². The van der Waals surface area contributed by atoms with E-state index in [1.807, 2.05) is 41.1 Å². The van der Waals surface area contributed by atoms with Crippen LogP contribution in [-0.2, 0) is 32.8 Å². The number of pyridine rings is 1. The molecule has 3 heterocycles. The second kappa shape index (κ2) is 7.68. The number of aliphatic hydroxyl groups excluding tert-OH is 1. The molecule has 0 spiro atoms. The summed E-state index contributed by atoms with van der Waals surface area (Å²) in [6, 6.07) is 16.0. The van der Waals surface area contributed by atoms with Gasteiger partial charge in [-0.05, 0) is 35.9 Å². The summed E-state index contributed by atoms with van der Waals surface area (Å²) in [6.45, 7) is 4.03. The van der Waals surface area contributed by atoms with Gasteiger partial charge in [0, 0.05) is 25.8 Å². The van der Waals surface area contributed by atoms with Crippen LogP contribution < -0.4 is 4.74 Å². The lowest BCUT2D eigenvalue weighted by molar-refractivity contribution is 0.204. The monoisotopic (exact) mass is 350 g/mol. The van der Waals surface area contributed by atoms with Gasteiger partial charge in [-0.3, -0.25) is 14.6 Å². The Balaban J connectivity index is 1.33. The van der Waals surface area contributed by atoms with E-state index in [1.54, 1.807) is 6.20 Å². The third-order valence-corrected chi connectivity index (χ3v) is 4.53. The summed E-state index contributed by atoms with van der Waals surface area (Å²) in [5.41, 5.74) is 4.08. The average molecular weight is 350 g/mol. The van der Waals surface area contributed by atoms with Crippen LogP contribution in [0.3, 0.4) is 0 Å². The molecule has 1 aliphatic rings. The summed E-state index contributed by atoms with van der Waals surface area (Å²) < 4.78 is 7.78. The van der Waals surface area contributed by atoms with Crippen molar-refractivity contribution in [1.82, 2.24) is 19.7 Å². The van der Waals surface area contributed by atoms with Crippen LogP contribution in [0, 0.1) is 0 Å². The molecule has 0 radical (unpaired) electrons. The number of rotatable bonds is 6. The topological polar surface area (TPSA) is 63.4 Å². The van der Waals surface area contributed by atoms with Gasteiger partial charge in [-0.15, -0.1) is 0 Å². The largest absolute Gasteiger partial charge is 0.487 e. The van der Waals surface area contributed by atoms with Crippen molar-refractivity contribution in [2.45, 2.75) is 32.8 Å². The lowest BCUT2D eigenvalue weighted by atomic mass is 10.2.